The normalized spacial score (nSPS) is 54.7. The van der Waals surface area contributed by atoms with Crippen molar-refractivity contribution < 1.29 is 15.0 Å². The van der Waals surface area contributed by atoms with Crippen molar-refractivity contribution in [2.75, 3.05) is 13.1 Å². The fourth-order valence-corrected chi connectivity index (χ4v) is 10.6. The Bertz CT molecular complexity index is 891. The number of amides is 2. The number of carbonyl (C=O) groups is 1. The van der Waals surface area contributed by atoms with Crippen molar-refractivity contribution >= 4 is 11.7 Å². The van der Waals surface area contributed by atoms with Crippen LogP contribution in [0.3, 0.4) is 0 Å². The third-order valence-electron chi connectivity index (χ3n) is 12.1. The van der Waals surface area contributed by atoms with Crippen LogP contribution in [0.15, 0.2) is 5.10 Å². The largest absolute Gasteiger partial charge is 0.393 e. The molecule has 4 saturated carbocycles. The standard InChI is InChI=1S/C28H46N4O3/c1-15-4-7-25-28(3,35)21-6-5-17-18(20(21)14-32(25)13-15)11-22-19(17)12-24(30-31-26(29)34)23-10-16(33)8-9-27(22,23)2/h15-23,25,33,35H,4-14H2,1-3H3,(H3,29,31,34)/b30-24-/t15-,16-,17+,18+,19+,20-,21-,22-,23+,25-,27+,28-/m0/s1. The van der Waals surface area contributed by atoms with E-state index in [4.69, 9.17) is 5.73 Å². The van der Waals surface area contributed by atoms with Gasteiger partial charge in [-0.25, -0.2) is 10.2 Å². The van der Waals surface area contributed by atoms with Crippen molar-refractivity contribution in [2.24, 2.45) is 63.6 Å². The molecule has 2 saturated heterocycles. The summed E-state index contributed by atoms with van der Waals surface area (Å²) in [6.45, 7) is 9.24. The predicted molar refractivity (Wildman–Crippen MR) is 135 cm³/mol. The zero-order chi connectivity index (χ0) is 24.7. The maximum atomic E-state index is 11.9. The molecule has 0 radical (unpaired) electrons. The number of hydrogen-bond donors (Lipinski definition) is 4. The van der Waals surface area contributed by atoms with Crippen LogP contribution in [0.5, 0.6) is 0 Å². The summed E-state index contributed by atoms with van der Waals surface area (Å²) in [7, 11) is 0. The van der Waals surface area contributed by atoms with Gasteiger partial charge < -0.3 is 15.9 Å². The summed E-state index contributed by atoms with van der Waals surface area (Å²) in [6, 6.07) is -0.294. The van der Waals surface area contributed by atoms with Gasteiger partial charge in [0.25, 0.3) is 0 Å². The first-order valence-corrected chi connectivity index (χ1v) is 14.4. The first kappa shape index (κ1) is 24.2. The number of aliphatic hydroxyl groups excluding tert-OH is 1. The molecule has 6 fully saturated rings. The highest BCUT2D eigenvalue weighted by atomic mass is 16.3. The Balaban J connectivity index is 1.32. The fourth-order valence-electron chi connectivity index (χ4n) is 10.6. The van der Waals surface area contributed by atoms with Crippen LogP contribution in [0.4, 0.5) is 4.79 Å². The fraction of sp³-hybridized carbons (Fsp3) is 0.929. The second kappa shape index (κ2) is 8.42. The number of nitrogens with zero attached hydrogens (tertiary/aromatic N) is 2. The first-order chi connectivity index (χ1) is 16.6. The molecule has 7 heteroatoms. The monoisotopic (exact) mass is 486 g/mol. The van der Waals surface area contributed by atoms with E-state index in [0.29, 0.717) is 47.5 Å². The van der Waals surface area contributed by atoms with E-state index in [9.17, 15) is 15.0 Å². The highest BCUT2D eigenvalue weighted by molar-refractivity contribution is 5.90. The van der Waals surface area contributed by atoms with Gasteiger partial charge in [-0.05, 0) is 112 Å². The minimum absolute atomic E-state index is 0.104. The maximum absolute atomic E-state index is 11.9. The number of nitrogens with two attached hydrogens (primary N) is 1. The Morgan fingerprint density at radius 3 is 2.60 bits per heavy atom. The van der Waals surface area contributed by atoms with Gasteiger partial charge >= 0.3 is 6.03 Å². The minimum Gasteiger partial charge on any atom is -0.393 e. The SMILES string of the molecule is C[C@H]1CC[C@@H]2N(C1)C[C@H]1[C@@H]3C[C@H]4[C@H](C/C(=N/NC(N)=O)[C@H]5C[C@@H](O)CC[C@@]54C)[C@@H]3CC[C@@H]1[C@]2(C)O. The predicted octanol–water partition coefficient (Wildman–Crippen LogP) is 3.34. The van der Waals surface area contributed by atoms with Crippen molar-refractivity contribution in [3.05, 3.63) is 0 Å². The van der Waals surface area contributed by atoms with E-state index in [2.05, 4.69) is 36.2 Å². The lowest BCUT2D eigenvalue weighted by Gasteiger charge is -2.59. The van der Waals surface area contributed by atoms with E-state index in [1.54, 1.807) is 0 Å². The molecule has 12 atom stereocenters. The van der Waals surface area contributed by atoms with E-state index in [0.717, 1.165) is 57.3 Å². The van der Waals surface area contributed by atoms with E-state index in [1.165, 1.54) is 19.3 Å². The summed E-state index contributed by atoms with van der Waals surface area (Å²) in [5.41, 5.74) is 8.47. The second-order valence-electron chi connectivity index (χ2n) is 13.8. The molecule has 0 aromatic carbocycles. The summed E-state index contributed by atoms with van der Waals surface area (Å²) in [5, 5.41) is 27.0. The van der Waals surface area contributed by atoms with Crippen LogP contribution in [0.1, 0.15) is 78.6 Å². The number of urea groups is 1. The van der Waals surface area contributed by atoms with Gasteiger partial charge in [-0.1, -0.05) is 13.8 Å². The summed E-state index contributed by atoms with van der Waals surface area (Å²) in [4.78, 5) is 14.1. The average molecular weight is 487 g/mol. The van der Waals surface area contributed by atoms with Crippen LogP contribution < -0.4 is 11.2 Å². The van der Waals surface area contributed by atoms with E-state index in [1.807, 2.05) is 0 Å². The van der Waals surface area contributed by atoms with Gasteiger partial charge in [0.05, 0.1) is 11.7 Å². The van der Waals surface area contributed by atoms with Crippen LogP contribution in [-0.4, -0.2) is 57.7 Å². The van der Waals surface area contributed by atoms with Gasteiger partial charge in [-0.2, -0.15) is 5.10 Å². The number of carbonyl (C=O) groups excluding carboxylic acids is 1. The Morgan fingerprint density at radius 2 is 1.83 bits per heavy atom. The molecule has 196 valence electrons. The topological polar surface area (TPSA) is 111 Å². The number of hydrazone groups is 1. The number of aliphatic hydroxyl groups is 2. The number of hydrogen-bond acceptors (Lipinski definition) is 5. The number of nitrogens with one attached hydrogen (secondary N) is 1. The average Bonchev–Trinajstić information content (AvgIpc) is 3.18. The smallest absolute Gasteiger partial charge is 0.332 e. The maximum Gasteiger partial charge on any atom is 0.332 e. The summed E-state index contributed by atoms with van der Waals surface area (Å²) < 4.78 is 0. The van der Waals surface area contributed by atoms with Crippen molar-refractivity contribution in [3.63, 3.8) is 0 Å². The van der Waals surface area contributed by atoms with Gasteiger partial charge in [-0.3, -0.25) is 4.90 Å². The molecular formula is C28H46N4O3. The molecule has 5 N–H and O–H groups in total. The third-order valence-corrected chi connectivity index (χ3v) is 12.1. The molecule has 2 amide bonds. The highest BCUT2D eigenvalue weighted by Crippen LogP contribution is 2.66. The Kier molecular flexibility index (Phi) is 5.82. The molecule has 6 rings (SSSR count). The molecule has 7 nitrogen and oxygen atoms in total. The van der Waals surface area contributed by atoms with Crippen LogP contribution in [0.2, 0.25) is 0 Å². The van der Waals surface area contributed by atoms with Crippen LogP contribution in [0.25, 0.3) is 0 Å². The van der Waals surface area contributed by atoms with Crippen molar-refractivity contribution in [2.45, 2.75) is 96.3 Å². The van der Waals surface area contributed by atoms with Gasteiger partial charge in [0, 0.05) is 30.8 Å². The molecule has 0 aromatic rings. The number of fused-ring (bicyclic) bond motifs is 8. The lowest BCUT2D eigenvalue weighted by atomic mass is 9.51. The molecule has 6 aliphatic rings. The number of primary amides is 1. The molecule has 0 spiro atoms. The molecule has 35 heavy (non-hydrogen) atoms. The highest BCUT2D eigenvalue weighted by Gasteiger charge is 2.64. The first-order valence-electron chi connectivity index (χ1n) is 14.4. The van der Waals surface area contributed by atoms with E-state index >= 15 is 0 Å². The molecular weight excluding hydrogens is 440 g/mol. The summed E-state index contributed by atoms with van der Waals surface area (Å²) in [5.74, 6) is 4.42. The van der Waals surface area contributed by atoms with Crippen LogP contribution >= 0.6 is 0 Å². The van der Waals surface area contributed by atoms with Crippen LogP contribution in [-0.2, 0) is 0 Å². The molecule has 0 unspecified atom stereocenters. The van der Waals surface area contributed by atoms with Gasteiger partial charge in [0.1, 0.15) is 0 Å². The Morgan fingerprint density at radius 1 is 1.03 bits per heavy atom. The van der Waals surface area contributed by atoms with E-state index in [-0.39, 0.29) is 17.4 Å². The molecule has 2 heterocycles. The summed E-state index contributed by atoms with van der Waals surface area (Å²) in [6.07, 6.45) is 9.19. The lowest BCUT2D eigenvalue weighted by molar-refractivity contribution is -0.175. The Labute approximate surface area is 210 Å². The van der Waals surface area contributed by atoms with Gasteiger partial charge in [0.15, 0.2) is 0 Å². The number of rotatable bonds is 1. The zero-order valence-electron chi connectivity index (χ0n) is 21.8. The molecule has 2 aliphatic heterocycles. The van der Waals surface area contributed by atoms with Crippen molar-refractivity contribution in [1.29, 1.82) is 0 Å². The molecule has 4 aliphatic carbocycles. The number of piperidine rings is 2. The molecule has 0 aromatic heterocycles. The van der Waals surface area contributed by atoms with Crippen molar-refractivity contribution in [3.8, 4) is 0 Å². The second-order valence-corrected chi connectivity index (χ2v) is 13.8. The molecule has 0 bridgehead atoms. The van der Waals surface area contributed by atoms with Crippen molar-refractivity contribution in [1.82, 2.24) is 10.3 Å². The Hall–Kier alpha value is -1.18. The third kappa shape index (κ3) is 3.70. The van der Waals surface area contributed by atoms with Gasteiger partial charge in [0.2, 0.25) is 0 Å². The van der Waals surface area contributed by atoms with Gasteiger partial charge in [-0.15, -0.1) is 0 Å². The minimum atomic E-state index is -0.614. The zero-order valence-corrected chi connectivity index (χ0v) is 21.8. The van der Waals surface area contributed by atoms with E-state index < -0.39 is 11.6 Å². The quantitative estimate of drug-likeness (QED) is 0.426. The lowest BCUT2D eigenvalue weighted by Crippen LogP contribution is -2.67. The van der Waals surface area contributed by atoms with Crippen LogP contribution in [0, 0.1) is 52.8 Å². The summed E-state index contributed by atoms with van der Waals surface area (Å²) >= 11 is 0.